The molecule has 14 nitrogen and oxygen atoms in total. The molecule has 1 aliphatic carbocycles. The summed E-state index contributed by atoms with van der Waals surface area (Å²) in [6.45, 7) is 8.13. The number of nitrogens with zero attached hydrogens (tertiary/aromatic N) is 1. The fourth-order valence-corrected chi connectivity index (χ4v) is 6.89. The molecule has 5 amide bonds. The van der Waals surface area contributed by atoms with Crippen molar-refractivity contribution in [2.75, 3.05) is 26.3 Å². The molecule has 1 atom stereocenters. The van der Waals surface area contributed by atoms with Crippen LogP contribution < -0.4 is 31.4 Å². The smallest absolute Gasteiger partial charge is 0.407 e. The molecule has 5 rings (SSSR count). The molecule has 0 spiro atoms. The van der Waals surface area contributed by atoms with Crippen LogP contribution in [0.1, 0.15) is 71.3 Å². The van der Waals surface area contributed by atoms with Gasteiger partial charge in [-0.05, 0) is 86.2 Å². The van der Waals surface area contributed by atoms with E-state index in [-0.39, 0.29) is 38.0 Å². The van der Waals surface area contributed by atoms with E-state index in [0.29, 0.717) is 35.0 Å². The third-order valence-corrected chi connectivity index (χ3v) is 9.63. The summed E-state index contributed by atoms with van der Waals surface area (Å²) in [6, 6.07) is 25.2. The SMILES string of the molecule is CCNC(=O)COc1ccc(CCNC(=O)N/N=C/[C@H](CC(=O)OC(C)(C)C)NC(=O)c2ccc(CNC(=O)OCC3c4ccccc4-c4ccccc43)s2)cc1. The third-order valence-electron chi connectivity index (χ3n) is 8.55. The van der Waals surface area contributed by atoms with Crippen molar-refractivity contribution in [3.05, 3.63) is 111 Å². The summed E-state index contributed by atoms with van der Waals surface area (Å²) in [7, 11) is 0. The number of esters is 1. The summed E-state index contributed by atoms with van der Waals surface area (Å²) < 4.78 is 16.5. The van der Waals surface area contributed by atoms with Crippen molar-refractivity contribution in [3.63, 3.8) is 0 Å². The molecular formula is C42H48N6O8S. The summed E-state index contributed by atoms with van der Waals surface area (Å²) >= 11 is 1.17. The maximum atomic E-state index is 13.3. The lowest BCUT2D eigenvalue weighted by molar-refractivity contribution is -0.154. The summed E-state index contributed by atoms with van der Waals surface area (Å²) in [6.07, 6.45) is 0.972. The zero-order valence-corrected chi connectivity index (χ0v) is 33.2. The molecule has 0 aliphatic heterocycles. The van der Waals surface area contributed by atoms with Crippen LogP contribution in [0.5, 0.6) is 5.75 Å². The van der Waals surface area contributed by atoms with E-state index in [1.807, 2.05) is 43.3 Å². The first-order valence-corrected chi connectivity index (χ1v) is 19.5. The minimum Gasteiger partial charge on any atom is -0.484 e. The number of likely N-dealkylation sites (N-methyl/N-ethyl adjacent to an activating group) is 1. The van der Waals surface area contributed by atoms with Gasteiger partial charge in [-0.25, -0.2) is 15.0 Å². The molecule has 5 N–H and O–H groups in total. The fraction of sp³-hybridized carbons (Fsp3) is 0.333. The number of benzene rings is 3. The molecule has 57 heavy (non-hydrogen) atoms. The Morgan fingerprint density at radius 1 is 0.860 bits per heavy atom. The van der Waals surface area contributed by atoms with Crippen LogP contribution in [0.4, 0.5) is 9.59 Å². The molecule has 15 heteroatoms. The van der Waals surface area contributed by atoms with Gasteiger partial charge in [0.1, 0.15) is 18.0 Å². The van der Waals surface area contributed by atoms with Gasteiger partial charge >= 0.3 is 18.1 Å². The highest BCUT2D eigenvalue weighted by molar-refractivity contribution is 7.14. The molecule has 1 aromatic heterocycles. The van der Waals surface area contributed by atoms with Crippen molar-refractivity contribution >= 4 is 47.5 Å². The number of alkyl carbamates (subject to hydrolysis) is 1. The lowest BCUT2D eigenvalue weighted by Gasteiger charge is -2.21. The Morgan fingerprint density at radius 2 is 1.54 bits per heavy atom. The molecule has 0 saturated heterocycles. The number of rotatable bonds is 17. The third kappa shape index (κ3) is 12.9. The highest BCUT2D eigenvalue weighted by Crippen LogP contribution is 2.44. The van der Waals surface area contributed by atoms with Gasteiger partial charge in [0.2, 0.25) is 0 Å². The summed E-state index contributed by atoms with van der Waals surface area (Å²) in [5.41, 5.74) is 7.07. The van der Waals surface area contributed by atoms with Crippen LogP contribution in [0.25, 0.3) is 11.1 Å². The van der Waals surface area contributed by atoms with E-state index in [2.05, 4.69) is 56.1 Å². The Labute approximate surface area is 335 Å². The number of carbonyl (C=O) groups is 5. The number of hydrogen-bond donors (Lipinski definition) is 5. The van der Waals surface area contributed by atoms with Crippen LogP contribution in [-0.2, 0) is 32.0 Å². The van der Waals surface area contributed by atoms with E-state index in [4.69, 9.17) is 14.2 Å². The second-order valence-electron chi connectivity index (χ2n) is 14.1. The molecule has 0 radical (unpaired) electrons. The molecule has 4 aromatic rings. The summed E-state index contributed by atoms with van der Waals surface area (Å²) in [5.74, 6) is -0.748. The highest BCUT2D eigenvalue weighted by atomic mass is 32.1. The van der Waals surface area contributed by atoms with Gasteiger partial charge in [0.15, 0.2) is 6.61 Å². The number of thiophene rings is 1. The van der Waals surface area contributed by atoms with Crippen molar-refractivity contribution in [1.29, 1.82) is 0 Å². The Bertz CT molecular complexity index is 2010. The fourth-order valence-electron chi connectivity index (χ4n) is 6.04. The van der Waals surface area contributed by atoms with Crippen molar-refractivity contribution in [1.82, 2.24) is 26.7 Å². The van der Waals surface area contributed by atoms with Gasteiger partial charge < -0.3 is 35.5 Å². The van der Waals surface area contributed by atoms with Crippen LogP contribution in [0.15, 0.2) is 90.0 Å². The lowest BCUT2D eigenvalue weighted by Crippen LogP contribution is -2.40. The minimum atomic E-state index is -0.911. The monoisotopic (exact) mass is 796 g/mol. The average Bonchev–Trinajstić information content (AvgIpc) is 3.78. The number of ether oxygens (including phenoxy) is 3. The van der Waals surface area contributed by atoms with Gasteiger partial charge in [0, 0.05) is 30.1 Å². The number of nitrogens with one attached hydrogen (secondary N) is 5. The number of urea groups is 1. The summed E-state index contributed by atoms with van der Waals surface area (Å²) in [5, 5.41) is 14.9. The van der Waals surface area contributed by atoms with Crippen LogP contribution >= 0.6 is 11.3 Å². The Morgan fingerprint density at radius 3 is 2.21 bits per heavy atom. The molecule has 0 fully saturated rings. The van der Waals surface area contributed by atoms with E-state index < -0.39 is 35.6 Å². The van der Waals surface area contributed by atoms with Crippen LogP contribution in [-0.4, -0.2) is 74.1 Å². The molecule has 3 aromatic carbocycles. The maximum Gasteiger partial charge on any atom is 0.407 e. The first kappa shape index (κ1) is 41.9. The molecule has 0 unspecified atom stereocenters. The lowest BCUT2D eigenvalue weighted by atomic mass is 9.98. The van der Waals surface area contributed by atoms with Gasteiger partial charge in [-0.2, -0.15) is 5.10 Å². The van der Waals surface area contributed by atoms with Crippen molar-refractivity contribution in [2.45, 2.75) is 64.6 Å². The van der Waals surface area contributed by atoms with E-state index in [9.17, 15) is 24.0 Å². The molecule has 0 bridgehead atoms. The van der Waals surface area contributed by atoms with Crippen molar-refractivity contribution < 1.29 is 38.2 Å². The molecule has 0 saturated carbocycles. The molecule has 1 heterocycles. The van der Waals surface area contributed by atoms with Gasteiger partial charge in [-0.15, -0.1) is 11.3 Å². The van der Waals surface area contributed by atoms with Crippen LogP contribution in [0.3, 0.4) is 0 Å². The molecular weight excluding hydrogens is 749 g/mol. The molecule has 1 aliphatic rings. The van der Waals surface area contributed by atoms with E-state index in [0.717, 1.165) is 27.8 Å². The van der Waals surface area contributed by atoms with Gasteiger partial charge in [0.25, 0.3) is 11.8 Å². The molecule has 300 valence electrons. The van der Waals surface area contributed by atoms with Gasteiger partial charge in [-0.1, -0.05) is 60.7 Å². The van der Waals surface area contributed by atoms with Crippen LogP contribution in [0, 0.1) is 0 Å². The largest absolute Gasteiger partial charge is 0.484 e. The topological polar surface area (TPSA) is 186 Å². The second kappa shape index (κ2) is 20.1. The zero-order valence-electron chi connectivity index (χ0n) is 32.4. The summed E-state index contributed by atoms with van der Waals surface area (Å²) in [4.78, 5) is 63.7. The first-order valence-electron chi connectivity index (χ1n) is 18.6. The van der Waals surface area contributed by atoms with Crippen LogP contribution in [0.2, 0.25) is 0 Å². The van der Waals surface area contributed by atoms with E-state index >= 15 is 0 Å². The zero-order chi connectivity index (χ0) is 40.8. The second-order valence-corrected chi connectivity index (χ2v) is 15.3. The number of amides is 5. The van der Waals surface area contributed by atoms with Crippen molar-refractivity contribution in [3.8, 4) is 16.9 Å². The number of hydrazone groups is 1. The van der Waals surface area contributed by atoms with Gasteiger partial charge in [0.05, 0.1) is 23.9 Å². The highest BCUT2D eigenvalue weighted by Gasteiger charge is 2.29. The first-order chi connectivity index (χ1) is 27.4. The number of hydrogen-bond acceptors (Lipinski definition) is 10. The Kier molecular flexibility index (Phi) is 14.8. The predicted octanol–water partition coefficient (Wildman–Crippen LogP) is 5.66. The van der Waals surface area contributed by atoms with E-state index in [1.165, 1.54) is 17.6 Å². The Hall–Kier alpha value is -6.22. The number of fused-ring (bicyclic) bond motifs is 3. The normalized spacial score (nSPS) is 12.5. The minimum absolute atomic E-state index is 0.0637. The predicted molar refractivity (Wildman–Crippen MR) is 217 cm³/mol. The standard InChI is InChI=1S/C42H48N6O8S/c1-5-43-37(49)26-54-29-16-14-27(15-17-29)20-21-44-40(52)48-46-23-28(22-38(50)56-42(2,3)4)47-39(51)36-19-18-30(57-36)24-45-41(53)55-25-35-33-12-8-6-10-31(33)32-11-7-9-13-34(32)35/h6-19,23,28,35H,5,20-22,24-26H2,1-4H3,(H,43,49)(H,45,53)(H,47,51)(H2,44,48,52)/b46-23+/t28-/m0/s1. The van der Waals surface area contributed by atoms with Crippen molar-refractivity contribution in [2.24, 2.45) is 5.10 Å². The number of carbonyl (C=O) groups excluding carboxylic acids is 5. The quantitative estimate of drug-likeness (QED) is 0.0515. The average molecular weight is 797 g/mol. The van der Waals surface area contributed by atoms with E-state index in [1.54, 1.807) is 45.0 Å². The van der Waals surface area contributed by atoms with Gasteiger partial charge in [-0.3, -0.25) is 14.4 Å². The maximum absolute atomic E-state index is 13.3. The Balaban J connectivity index is 1.08.